The van der Waals surface area contributed by atoms with Crippen LogP contribution in [-0.4, -0.2) is 22.2 Å². The zero-order valence-electron chi connectivity index (χ0n) is 11.1. The van der Waals surface area contributed by atoms with Gasteiger partial charge in [0.25, 0.3) is 5.56 Å². The van der Waals surface area contributed by atoms with Gasteiger partial charge in [0.05, 0.1) is 10.3 Å². The first-order valence-electron chi connectivity index (χ1n) is 6.33. The van der Waals surface area contributed by atoms with Crippen LogP contribution in [0.5, 0.6) is 0 Å². The first-order chi connectivity index (χ1) is 9.63. The Morgan fingerprint density at radius 2 is 2.25 bits per heavy atom. The number of rotatable bonds is 3. The number of thiophene rings is 1. The molecular formula is C12H14N4O3S. The van der Waals surface area contributed by atoms with Crippen molar-refractivity contribution < 1.29 is 4.74 Å². The number of fused-ring (bicyclic) bond motifs is 1. The van der Waals surface area contributed by atoms with Crippen LogP contribution in [0.2, 0.25) is 0 Å². The van der Waals surface area contributed by atoms with Gasteiger partial charge < -0.3 is 4.74 Å². The van der Waals surface area contributed by atoms with Crippen LogP contribution in [0.15, 0.2) is 14.7 Å². The first kappa shape index (κ1) is 12.9. The van der Waals surface area contributed by atoms with E-state index < -0.39 is 0 Å². The molecule has 0 radical (unpaired) electrons. The first-order valence-corrected chi connectivity index (χ1v) is 7.15. The number of aryl methyl sites for hydroxylation is 1. The maximum atomic E-state index is 12.4. The molecule has 0 saturated carbocycles. The van der Waals surface area contributed by atoms with Crippen molar-refractivity contribution in [3.8, 4) is 0 Å². The van der Waals surface area contributed by atoms with Gasteiger partial charge in [-0.05, 0) is 18.9 Å². The van der Waals surface area contributed by atoms with Gasteiger partial charge in [-0.15, -0.1) is 16.4 Å². The van der Waals surface area contributed by atoms with Gasteiger partial charge in [0, 0.05) is 6.54 Å². The summed E-state index contributed by atoms with van der Waals surface area (Å²) in [5, 5.41) is 4.57. The Labute approximate surface area is 117 Å². The number of H-pyrrole nitrogens is 1. The molecule has 0 atom stereocenters. The van der Waals surface area contributed by atoms with E-state index >= 15 is 0 Å². The summed E-state index contributed by atoms with van der Waals surface area (Å²) >= 11 is 1.31. The van der Waals surface area contributed by atoms with E-state index in [0.717, 1.165) is 16.9 Å². The minimum Gasteiger partial charge on any atom is -0.453 e. The van der Waals surface area contributed by atoms with E-state index in [1.54, 1.807) is 0 Å². The van der Waals surface area contributed by atoms with E-state index in [0.29, 0.717) is 29.4 Å². The fraction of sp³-hybridized carbons (Fsp3) is 0.417. The number of ether oxygens (including phenoxy) is 1. The molecule has 0 bridgehead atoms. The van der Waals surface area contributed by atoms with Crippen molar-refractivity contribution in [1.29, 1.82) is 0 Å². The Balaban J connectivity index is 2.29. The van der Waals surface area contributed by atoms with Gasteiger partial charge in [-0.25, -0.2) is 4.79 Å². The fourth-order valence-corrected chi connectivity index (χ4v) is 3.37. The van der Waals surface area contributed by atoms with Crippen LogP contribution >= 0.6 is 11.3 Å². The van der Waals surface area contributed by atoms with Gasteiger partial charge in [-0.2, -0.15) is 0 Å². The topological polar surface area (TPSA) is 88.5 Å². The molecule has 1 aliphatic heterocycles. The number of aromatic amines is 1. The molecular weight excluding hydrogens is 280 g/mol. The number of hydrogen-bond donors (Lipinski definition) is 2. The molecule has 0 saturated heterocycles. The van der Waals surface area contributed by atoms with Gasteiger partial charge in [-0.1, -0.05) is 6.92 Å². The minimum absolute atomic E-state index is 0.253. The summed E-state index contributed by atoms with van der Waals surface area (Å²) in [7, 11) is 0. The van der Waals surface area contributed by atoms with Crippen LogP contribution in [0, 0.1) is 6.92 Å². The molecule has 106 valence electrons. The minimum atomic E-state index is -0.371. The van der Waals surface area contributed by atoms with Crippen LogP contribution < -0.4 is 16.7 Å². The molecule has 2 N–H and O–H groups in total. The maximum Gasteiger partial charge on any atom is 0.329 e. The second-order valence-electron chi connectivity index (χ2n) is 4.51. The maximum absolute atomic E-state index is 12.4. The van der Waals surface area contributed by atoms with Crippen LogP contribution in [0.4, 0.5) is 0 Å². The van der Waals surface area contributed by atoms with Crippen LogP contribution in [0.25, 0.3) is 10.2 Å². The summed E-state index contributed by atoms with van der Waals surface area (Å²) in [6.45, 7) is 4.50. The number of hydrazone groups is 1. The Bertz CT molecular complexity index is 814. The zero-order chi connectivity index (χ0) is 14.3. The number of nitrogens with one attached hydrogen (secondary N) is 2. The lowest BCUT2D eigenvalue weighted by Gasteiger charge is -2.02. The Kier molecular flexibility index (Phi) is 3.09. The van der Waals surface area contributed by atoms with Crippen molar-refractivity contribution in [2.45, 2.75) is 26.8 Å². The number of aromatic nitrogens is 2. The van der Waals surface area contributed by atoms with Gasteiger partial charge >= 0.3 is 5.69 Å². The summed E-state index contributed by atoms with van der Waals surface area (Å²) in [5.74, 6) is 0.464. The van der Waals surface area contributed by atoms with E-state index in [1.165, 1.54) is 15.9 Å². The molecule has 2 aromatic heterocycles. The average Bonchev–Trinajstić information content (AvgIpc) is 3.02. The summed E-state index contributed by atoms with van der Waals surface area (Å²) in [4.78, 5) is 28.5. The normalized spacial score (nSPS) is 14.2. The molecule has 3 rings (SSSR count). The van der Waals surface area contributed by atoms with Gasteiger partial charge in [0.15, 0.2) is 6.73 Å². The lowest BCUT2D eigenvalue weighted by molar-refractivity contribution is 0.317. The summed E-state index contributed by atoms with van der Waals surface area (Å²) < 4.78 is 6.58. The van der Waals surface area contributed by atoms with Crippen molar-refractivity contribution in [2.75, 3.05) is 6.73 Å². The predicted octanol–water partition coefficient (Wildman–Crippen LogP) is 0.709. The largest absolute Gasteiger partial charge is 0.453 e. The van der Waals surface area contributed by atoms with Crippen molar-refractivity contribution in [3.05, 3.63) is 31.3 Å². The third-order valence-corrected chi connectivity index (χ3v) is 4.36. The molecule has 0 spiro atoms. The van der Waals surface area contributed by atoms with Crippen molar-refractivity contribution in [2.24, 2.45) is 5.10 Å². The molecule has 0 aliphatic carbocycles. The second kappa shape index (κ2) is 4.78. The Morgan fingerprint density at radius 1 is 1.45 bits per heavy atom. The molecule has 0 aromatic carbocycles. The molecule has 3 heterocycles. The van der Waals surface area contributed by atoms with Gasteiger partial charge in [0.1, 0.15) is 4.83 Å². The molecule has 1 aliphatic rings. The number of nitrogens with zero attached hydrogens (tertiary/aromatic N) is 2. The highest BCUT2D eigenvalue weighted by atomic mass is 32.1. The zero-order valence-corrected chi connectivity index (χ0v) is 12.0. The van der Waals surface area contributed by atoms with Crippen LogP contribution in [0.3, 0.4) is 0 Å². The molecule has 0 amide bonds. The monoisotopic (exact) mass is 294 g/mol. The molecule has 2 aromatic rings. The van der Waals surface area contributed by atoms with E-state index in [4.69, 9.17) is 4.74 Å². The van der Waals surface area contributed by atoms with Crippen molar-refractivity contribution in [3.63, 3.8) is 0 Å². The van der Waals surface area contributed by atoms with E-state index in [1.807, 2.05) is 13.8 Å². The smallest absolute Gasteiger partial charge is 0.329 e. The summed E-state index contributed by atoms with van der Waals surface area (Å²) in [6.07, 6.45) is 0.726. The molecule has 7 nitrogen and oxygen atoms in total. The van der Waals surface area contributed by atoms with E-state index in [2.05, 4.69) is 15.5 Å². The molecule has 8 heteroatoms. The third kappa shape index (κ3) is 1.83. The van der Waals surface area contributed by atoms with E-state index in [-0.39, 0.29) is 11.2 Å². The SMILES string of the molecule is CCCn1c(=O)[nH]c2sc(C3=NNCO3)c(C)c2c1=O. The molecule has 20 heavy (non-hydrogen) atoms. The van der Waals surface area contributed by atoms with Crippen LogP contribution in [0.1, 0.15) is 23.8 Å². The highest BCUT2D eigenvalue weighted by Gasteiger charge is 2.21. The predicted molar refractivity (Wildman–Crippen MR) is 77.4 cm³/mol. The number of hydrogen-bond acceptors (Lipinski definition) is 6. The highest BCUT2D eigenvalue weighted by molar-refractivity contribution is 7.20. The highest BCUT2D eigenvalue weighted by Crippen LogP contribution is 2.27. The quantitative estimate of drug-likeness (QED) is 0.872. The lowest BCUT2D eigenvalue weighted by Crippen LogP contribution is -2.34. The standard InChI is InChI=1S/C12H14N4O3S/c1-3-4-16-11(17)7-6(2)8(9-15-13-5-19-9)20-10(7)14-12(16)18/h13H,3-5H2,1-2H3,(H,14,18). The Hall–Kier alpha value is -2.09. The van der Waals surface area contributed by atoms with E-state index in [9.17, 15) is 9.59 Å². The Morgan fingerprint density at radius 3 is 2.90 bits per heavy atom. The van der Waals surface area contributed by atoms with Gasteiger partial charge in [0.2, 0.25) is 5.90 Å². The van der Waals surface area contributed by atoms with Crippen molar-refractivity contribution >= 4 is 27.5 Å². The fourth-order valence-electron chi connectivity index (χ4n) is 2.23. The second-order valence-corrected chi connectivity index (χ2v) is 5.53. The molecule has 0 unspecified atom stereocenters. The lowest BCUT2D eigenvalue weighted by atomic mass is 10.2. The third-order valence-electron chi connectivity index (χ3n) is 3.17. The summed E-state index contributed by atoms with van der Waals surface area (Å²) in [6, 6.07) is 0. The molecule has 0 fully saturated rings. The van der Waals surface area contributed by atoms with Crippen LogP contribution in [-0.2, 0) is 11.3 Å². The van der Waals surface area contributed by atoms with Crippen molar-refractivity contribution in [1.82, 2.24) is 15.0 Å². The average molecular weight is 294 g/mol. The van der Waals surface area contributed by atoms with Gasteiger partial charge in [-0.3, -0.25) is 19.8 Å². The summed E-state index contributed by atoms with van der Waals surface area (Å²) in [5.41, 5.74) is 2.88.